The van der Waals surface area contributed by atoms with E-state index in [0.717, 1.165) is 49.6 Å². The molecule has 0 aliphatic heterocycles. The largest absolute Gasteiger partial charge is 0.372 e. The summed E-state index contributed by atoms with van der Waals surface area (Å²) in [5.41, 5.74) is 0. The first-order valence-electron chi connectivity index (χ1n) is 7.63. The maximum Gasteiger partial charge on any atom is 0.324 e. The molecule has 3 heterocycles. The highest BCUT2D eigenvalue weighted by Crippen LogP contribution is 1.99. The van der Waals surface area contributed by atoms with Crippen LogP contribution in [0.3, 0.4) is 0 Å². The molecule has 23 heavy (non-hydrogen) atoms. The molecule has 8 nitrogen and oxygen atoms in total. The van der Waals surface area contributed by atoms with Gasteiger partial charge in [0.2, 0.25) is 0 Å². The Balaban J connectivity index is 1.54. The molecule has 0 aromatic carbocycles. The van der Waals surface area contributed by atoms with E-state index in [1.165, 1.54) is 0 Å². The third-order valence-electron chi connectivity index (χ3n) is 3.55. The van der Waals surface area contributed by atoms with Crippen LogP contribution in [0.25, 0.3) is 0 Å². The Morgan fingerprint density at radius 3 is 1.61 bits per heavy atom. The van der Waals surface area contributed by atoms with Crippen molar-refractivity contribution < 1.29 is 0 Å². The van der Waals surface area contributed by atoms with E-state index < -0.39 is 0 Å². The second kappa shape index (κ2) is 8.08. The third-order valence-corrected chi connectivity index (χ3v) is 4.28. The lowest BCUT2D eigenvalue weighted by atomic mass is 10.5. The third kappa shape index (κ3) is 5.04. The van der Waals surface area contributed by atoms with Crippen LogP contribution in [0.1, 0.15) is 0 Å². The van der Waals surface area contributed by atoms with E-state index in [4.69, 9.17) is 0 Å². The zero-order valence-electron chi connectivity index (χ0n) is 13.3. The van der Waals surface area contributed by atoms with Crippen LogP contribution in [-0.4, -0.2) is 67.7 Å². The van der Waals surface area contributed by atoms with Crippen molar-refractivity contribution in [2.75, 3.05) is 13.1 Å². The fourth-order valence-electron chi connectivity index (χ4n) is 2.38. The summed E-state index contributed by atoms with van der Waals surface area (Å²) >= 11 is 0.998. The summed E-state index contributed by atoms with van der Waals surface area (Å²) in [4.78, 5) is 2.33. The van der Waals surface area contributed by atoms with Gasteiger partial charge in [-0.2, -0.15) is 15.3 Å². The topological polar surface area (TPSA) is 59.9 Å². The van der Waals surface area contributed by atoms with Crippen LogP contribution in [0.5, 0.6) is 0 Å². The van der Waals surface area contributed by atoms with Gasteiger partial charge in [-0.3, -0.25) is 18.9 Å². The number of hydrogen-bond acceptors (Lipinski definition) is 5. The summed E-state index contributed by atoms with van der Waals surface area (Å²) in [7, 11) is 0. The number of aromatic nitrogens is 6. The predicted molar refractivity (Wildman–Crippen MR) is 88.6 cm³/mol. The molecule has 0 spiro atoms. The molecule has 0 aliphatic carbocycles. The van der Waals surface area contributed by atoms with Crippen LogP contribution >= 0.6 is 0 Å². The molecule has 0 amide bonds. The summed E-state index contributed by atoms with van der Waals surface area (Å²) in [5, 5.41) is 12.9. The molecule has 0 aliphatic rings. The van der Waals surface area contributed by atoms with Gasteiger partial charge in [-0.1, -0.05) is 0 Å². The Kier molecular flexibility index (Phi) is 5.61. The first-order chi connectivity index (χ1) is 11.3. The molecule has 0 fully saturated rings. The van der Waals surface area contributed by atoms with E-state index >= 15 is 0 Å². The SMILES string of the molecule is [AlH2][N](CCN(Cn1cccn1)Cn1cccn1)Cn1cccn1. The summed E-state index contributed by atoms with van der Waals surface area (Å²) in [5.74, 6) is 0. The van der Waals surface area contributed by atoms with Crippen LogP contribution in [-0.2, 0) is 20.0 Å². The maximum atomic E-state index is 4.30. The van der Waals surface area contributed by atoms with Crippen molar-refractivity contribution in [1.29, 1.82) is 0 Å². The van der Waals surface area contributed by atoms with Crippen LogP contribution in [0.15, 0.2) is 55.4 Å². The molecule has 0 unspecified atom stereocenters. The van der Waals surface area contributed by atoms with Crippen molar-refractivity contribution in [1.82, 2.24) is 38.1 Å². The average molecular weight is 328 g/mol. The first-order valence-corrected chi connectivity index (χ1v) is 8.52. The molecule has 0 radical (unpaired) electrons. The summed E-state index contributed by atoms with van der Waals surface area (Å²) in [6.07, 6.45) is 11.4. The second-order valence-electron chi connectivity index (χ2n) is 5.53. The smallest absolute Gasteiger partial charge is 0.324 e. The summed E-state index contributed by atoms with van der Waals surface area (Å²) in [6.45, 7) is 4.30. The predicted octanol–water partition coefficient (Wildman–Crippen LogP) is -0.299. The minimum Gasteiger partial charge on any atom is -0.372 e. The van der Waals surface area contributed by atoms with Gasteiger partial charge >= 0.3 is 16.5 Å². The lowest BCUT2D eigenvalue weighted by Gasteiger charge is -2.26. The van der Waals surface area contributed by atoms with Crippen LogP contribution < -0.4 is 0 Å². The van der Waals surface area contributed by atoms with Crippen molar-refractivity contribution in [3.8, 4) is 0 Å². The van der Waals surface area contributed by atoms with E-state index in [1.54, 1.807) is 0 Å². The molecule has 0 saturated heterocycles. The quantitative estimate of drug-likeness (QED) is 0.505. The minimum atomic E-state index is 0.754. The standard InChI is InChI=1S/C14H19N8.Al.2H/c1-4-16-20(8-1)12-15-7-11-19(13-21-9-2-5-17-21)14-22-10-3-6-18-22;;;/h1-6,8-10H,7,11-14H2;;;/q-1;+1;;. The highest BCUT2D eigenvalue weighted by Gasteiger charge is 2.09. The lowest BCUT2D eigenvalue weighted by Crippen LogP contribution is -2.37. The minimum absolute atomic E-state index is 0.754. The van der Waals surface area contributed by atoms with Crippen molar-refractivity contribution in [3.05, 3.63) is 55.4 Å². The van der Waals surface area contributed by atoms with Crippen molar-refractivity contribution in [2.24, 2.45) is 0 Å². The van der Waals surface area contributed by atoms with Gasteiger partial charge in [-0.15, -0.1) is 0 Å². The molecule has 0 saturated carbocycles. The van der Waals surface area contributed by atoms with Gasteiger partial charge < -0.3 is 3.88 Å². The summed E-state index contributed by atoms with van der Waals surface area (Å²) < 4.78 is 8.22. The highest BCUT2D eigenvalue weighted by molar-refractivity contribution is 6.04. The van der Waals surface area contributed by atoms with Gasteiger partial charge in [0.25, 0.3) is 0 Å². The zero-order valence-corrected chi connectivity index (χ0v) is 15.3. The van der Waals surface area contributed by atoms with Gasteiger partial charge in [-0.05, 0) is 24.7 Å². The molecular weight excluding hydrogens is 307 g/mol. The van der Waals surface area contributed by atoms with Crippen molar-refractivity contribution >= 4 is 16.5 Å². The van der Waals surface area contributed by atoms with E-state index in [9.17, 15) is 0 Å². The molecular formula is C14H21AlN8. The van der Waals surface area contributed by atoms with Crippen LogP contribution in [0, 0.1) is 0 Å². The molecule has 0 atom stereocenters. The van der Waals surface area contributed by atoms with E-state index in [2.05, 4.69) is 24.1 Å². The normalized spacial score (nSPS) is 11.6. The average Bonchev–Trinajstić information content (AvgIpc) is 3.28. The number of nitrogens with zero attached hydrogens (tertiary/aromatic N) is 8. The fraction of sp³-hybridized carbons (Fsp3) is 0.357. The Morgan fingerprint density at radius 2 is 1.17 bits per heavy atom. The maximum absolute atomic E-state index is 4.30. The van der Waals surface area contributed by atoms with Crippen LogP contribution in [0.2, 0.25) is 0 Å². The molecule has 120 valence electrons. The highest BCUT2D eigenvalue weighted by atomic mass is 27.1. The monoisotopic (exact) mass is 328 g/mol. The molecule has 0 N–H and O–H groups in total. The van der Waals surface area contributed by atoms with Crippen LogP contribution in [0.4, 0.5) is 0 Å². The number of hydrogen-bond donors (Lipinski definition) is 0. The Labute approximate surface area is 143 Å². The van der Waals surface area contributed by atoms with Gasteiger partial charge in [0.1, 0.15) is 0 Å². The second-order valence-corrected chi connectivity index (χ2v) is 6.80. The number of rotatable bonds is 9. The Morgan fingerprint density at radius 1 is 0.696 bits per heavy atom. The molecule has 9 heteroatoms. The van der Waals surface area contributed by atoms with Gasteiger partial charge in [0.05, 0.1) is 20.0 Å². The zero-order chi connectivity index (χ0) is 15.9. The van der Waals surface area contributed by atoms with E-state index in [1.807, 2.05) is 69.4 Å². The Hall–Kier alpha value is -1.92. The Bertz CT molecular complexity index is 613. The summed E-state index contributed by atoms with van der Waals surface area (Å²) in [6, 6.07) is 5.85. The first kappa shape index (κ1) is 16.0. The fourth-order valence-corrected chi connectivity index (χ4v) is 2.87. The van der Waals surface area contributed by atoms with Gasteiger partial charge in [-0.25, -0.2) is 0 Å². The molecule has 3 aromatic rings. The van der Waals surface area contributed by atoms with Gasteiger partial charge in [0, 0.05) is 43.7 Å². The van der Waals surface area contributed by atoms with Gasteiger partial charge in [0.15, 0.2) is 0 Å². The van der Waals surface area contributed by atoms with Crippen molar-refractivity contribution in [2.45, 2.75) is 20.0 Å². The molecule has 0 bridgehead atoms. The molecule has 3 rings (SSSR count). The van der Waals surface area contributed by atoms with E-state index in [-0.39, 0.29) is 0 Å². The molecule has 3 aromatic heterocycles. The lowest BCUT2D eigenvalue weighted by molar-refractivity contribution is 0.140. The van der Waals surface area contributed by atoms with E-state index in [0.29, 0.717) is 0 Å². The van der Waals surface area contributed by atoms with Crippen molar-refractivity contribution in [3.63, 3.8) is 0 Å².